The van der Waals surface area contributed by atoms with E-state index in [1.165, 1.54) is 0 Å². The molecule has 0 radical (unpaired) electrons. The van der Waals surface area contributed by atoms with Crippen LogP contribution in [0.4, 0.5) is 5.69 Å². The highest BCUT2D eigenvalue weighted by Gasteiger charge is 2.08. The molecule has 0 aromatic heterocycles. The Hall–Kier alpha value is -1.35. The third-order valence-corrected chi connectivity index (χ3v) is 2.26. The number of aliphatic hydroxyl groups is 1. The normalized spacial score (nSPS) is 10.5. The molecule has 0 spiro atoms. The van der Waals surface area contributed by atoms with Crippen LogP contribution in [0.5, 0.6) is 0 Å². The summed E-state index contributed by atoms with van der Waals surface area (Å²) >= 11 is 0. The van der Waals surface area contributed by atoms with Gasteiger partial charge in [-0.25, -0.2) is 0 Å². The van der Waals surface area contributed by atoms with E-state index in [1.807, 2.05) is 39.0 Å². The third kappa shape index (κ3) is 3.06. The van der Waals surface area contributed by atoms with Gasteiger partial charge in [0.05, 0.1) is 6.61 Å². The predicted molar refractivity (Wildman–Crippen MR) is 60.6 cm³/mol. The Morgan fingerprint density at radius 1 is 1.47 bits per heavy atom. The molecule has 15 heavy (non-hydrogen) atoms. The van der Waals surface area contributed by atoms with Gasteiger partial charge in [-0.2, -0.15) is 0 Å². The maximum atomic E-state index is 11.5. The minimum Gasteiger partial charge on any atom is -0.392 e. The first-order valence-corrected chi connectivity index (χ1v) is 5.06. The molecule has 1 aromatic carbocycles. The summed E-state index contributed by atoms with van der Waals surface area (Å²) in [5.41, 5.74) is 2.64. The van der Waals surface area contributed by atoms with Gasteiger partial charge in [-0.1, -0.05) is 26.0 Å². The van der Waals surface area contributed by atoms with Crippen molar-refractivity contribution in [1.29, 1.82) is 0 Å². The van der Waals surface area contributed by atoms with Crippen molar-refractivity contribution in [3.63, 3.8) is 0 Å². The lowest BCUT2D eigenvalue weighted by molar-refractivity contribution is -0.118. The zero-order chi connectivity index (χ0) is 11.4. The van der Waals surface area contributed by atoms with E-state index < -0.39 is 0 Å². The molecule has 82 valence electrons. The summed E-state index contributed by atoms with van der Waals surface area (Å²) in [4.78, 5) is 11.5. The summed E-state index contributed by atoms with van der Waals surface area (Å²) in [5.74, 6) is -0.0169. The van der Waals surface area contributed by atoms with Crippen LogP contribution in [-0.2, 0) is 11.4 Å². The highest BCUT2D eigenvalue weighted by atomic mass is 16.3. The van der Waals surface area contributed by atoms with E-state index in [2.05, 4.69) is 5.32 Å². The van der Waals surface area contributed by atoms with Crippen molar-refractivity contribution in [2.75, 3.05) is 5.32 Å². The van der Waals surface area contributed by atoms with Crippen LogP contribution < -0.4 is 5.32 Å². The quantitative estimate of drug-likeness (QED) is 0.797. The molecule has 2 N–H and O–H groups in total. The second-order valence-corrected chi connectivity index (χ2v) is 3.95. The first-order valence-electron chi connectivity index (χ1n) is 5.06. The molecule has 1 amide bonds. The molecule has 0 fully saturated rings. The van der Waals surface area contributed by atoms with Gasteiger partial charge in [0.15, 0.2) is 0 Å². The highest BCUT2D eigenvalue weighted by Crippen LogP contribution is 2.17. The Kier molecular flexibility index (Phi) is 3.86. The van der Waals surface area contributed by atoms with Crippen LogP contribution in [0.2, 0.25) is 0 Å². The first-order chi connectivity index (χ1) is 7.04. The fourth-order valence-electron chi connectivity index (χ4n) is 1.24. The number of benzene rings is 1. The van der Waals surface area contributed by atoms with Crippen molar-refractivity contribution in [3.8, 4) is 0 Å². The van der Waals surface area contributed by atoms with Crippen LogP contribution in [0.3, 0.4) is 0 Å². The molecule has 0 aliphatic rings. The highest BCUT2D eigenvalue weighted by molar-refractivity contribution is 5.92. The molecule has 0 saturated carbocycles. The molecule has 0 unspecified atom stereocenters. The smallest absolute Gasteiger partial charge is 0.226 e. The van der Waals surface area contributed by atoms with E-state index in [9.17, 15) is 4.79 Å². The van der Waals surface area contributed by atoms with E-state index >= 15 is 0 Å². The van der Waals surface area contributed by atoms with E-state index in [-0.39, 0.29) is 18.4 Å². The first kappa shape index (κ1) is 11.7. The summed E-state index contributed by atoms with van der Waals surface area (Å²) in [6.07, 6.45) is 0. The van der Waals surface area contributed by atoms with Crippen LogP contribution in [0.15, 0.2) is 18.2 Å². The lowest BCUT2D eigenvalue weighted by Crippen LogP contribution is -2.18. The zero-order valence-electron chi connectivity index (χ0n) is 9.37. The number of aryl methyl sites for hydroxylation is 1. The maximum Gasteiger partial charge on any atom is 0.226 e. The second-order valence-electron chi connectivity index (χ2n) is 3.95. The Labute approximate surface area is 90.1 Å². The average molecular weight is 207 g/mol. The van der Waals surface area contributed by atoms with Gasteiger partial charge < -0.3 is 10.4 Å². The van der Waals surface area contributed by atoms with Gasteiger partial charge in [-0.05, 0) is 24.1 Å². The lowest BCUT2D eigenvalue weighted by atomic mass is 10.1. The van der Waals surface area contributed by atoms with Crippen LogP contribution in [0.25, 0.3) is 0 Å². The van der Waals surface area contributed by atoms with Gasteiger partial charge in [-0.15, -0.1) is 0 Å². The SMILES string of the molecule is Cc1cc(CO)ccc1NC(=O)C(C)C. The average Bonchev–Trinajstić information content (AvgIpc) is 2.20. The Bertz CT molecular complexity index is 359. The van der Waals surface area contributed by atoms with Gasteiger partial charge in [0.25, 0.3) is 0 Å². The van der Waals surface area contributed by atoms with Gasteiger partial charge in [0.2, 0.25) is 5.91 Å². The van der Waals surface area contributed by atoms with Crippen molar-refractivity contribution in [1.82, 2.24) is 0 Å². The summed E-state index contributed by atoms with van der Waals surface area (Å²) in [5, 5.41) is 11.8. The van der Waals surface area contributed by atoms with Crippen LogP contribution in [0.1, 0.15) is 25.0 Å². The van der Waals surface area contributed by atoms with Crippen molar-refractivity contribution < 1.29 is 9.90 Å². The largest absolute Gasteiger partial charge is 0.392 e. The number of carbonyl (C=O) groups is 1. The predicted octanol–water partition coefficient (Wildman–Crippen LogP) is 2.08. The molecular weight excluding hydrogens is 190 g/mol. The molecule has 0 bridgehead atoms. The van der Waals surface area contributed by atoms with Crippen LogP contribution in [-0.4, -0.2) is 11.0 Å². The summed E-state index contributed by atoms with van der Waals surface area (Å²) in [7, 11) is 0. The Balaban J connectivity index is 2.83. The monoisotopic (exact) mass is 207 g/mol. The van der Waals surface area contributed by atoms with Gasteiger partial charge >= 0.3 is 0 Å². The van der Waals surface area contributed by atoms with Gasteiger partial charge in [-0.3, -0.25) is 4.79 Å². The summed E-state index contributed by atoms with van der Waals surface area (Å²) < 4.78 is 0. The molecule has 0 saturated heterocycles. The van der Waals surface area contributed by atoms with Crippen LogP contribution in [0, 0.1) is 12.8 Å². The van der Waals surface area contributed by atoms with Crippen molar-refractivity contribution in [2.24, 2.45) is 5.92 Å². The van der Waals surface area contributed by atoms with E-state index in [1.54, 1.807) is 0 Å². The number of rotatable bonds is 3. The second kappa shape index (κ2) is 4.94. The number of hydrogen-bond acceptors (Lipinski definition) is 2. The fraction of sp³-hybridized carbons (Fsp3) is 0.417. The van der Waals surface area contributed by atoms with E-state index in [0.29, 0.717) is 0 Å². The minimum atomic E-state index is -0.0260. The van der Waals surface area contributed by atoms with Crippen LogP contribution >= 0.6 is 0 Å². The van der Waals surface area contributed by atoms with E-state index in [4.69, 9.17) is 5.11 Å². The molecule has 3 heteroatoms. The maximum absolute atomic E-state index is 11.5. The lowest BCUT2D eigenvalue weighted by Gasteiger charge is -2.11. The topological polar surface area (TPSA) is 49.3 Å². The third-order valence-electron chi connectivity index (χ3n) is 2.26. The fourth-order valence-corrected chi connectivity index (χ4v) is 1.24. The van der Waals surface area contributed by atoms with Crippen molar-refractivity contribution in [3.05, 3.63) is 29.3 Å². The standard InChI is InChI=1S/C12H17NO2/c1-8(2)12(15)13-11-5-4-10(7-14)6-9(11)3/h4-6,8,14H,7H2,1-3H3,(H,13,15). The minimum absolute atomic E-state index is 0.00912. The van der Waals surface area contributed by atoms with Crippen molar-refractivity contribution in [2.45, 2.75) is 27.4 Å². The molecular formula is C12H17NO2. The molecule has 1 aromatic rings. The Morgan fingerprint density at radius 3 is 2.60 bits per heavy atom. The van der Waals surface area contributed by atoms with E-state index in [0.717, 1.165) is 16.8 Å². The van der Waals surface area contributed by atoms with Crippen molar-refractivity contribution >= 4 is 11.6 Å². The number of hydrogen-bond donors (Lipinski definition) is 2. The van der Waals surface area contributed by atoms with Gasteiger partial charge in [0.1, 0.15) is 0 Å². The molecule has 0 aliphatic heterocycles. The number of amides is 1. The molecule has 0 heterocycles. The Morgan fingerprint density at radius 2 is 2.13 bits per heavy atom. The number of carbonyl (C=O) groups excluding carboxylic acids is 1. The number of aliphatic hydroxyl groups excluding tert-OH is 1. The van der Waals surface area contributed by atoms with Gasteiger partial charge in [0, 0.05) is 11.6 Å². The number of anilines is 1. The zero-order valence-corrected chi connectivity index (χ0v) is 9.37. The molecule has 0 atom stereocenters. The summed E-state index contributed by atoms with van der Waals surface area (Å²) in [6, 6.07) is 5.50. The summed E-state index contributed by atoms with van der Waals surface area (Å²) in [6.45, 7) is 5.65. The molecule has 1 rings (SSSR count). The molecule has 0 aliphatic carbocycles. The number of nitrogens with one attached hydrogen (secondary N) is 1. The molecule has 3 nitrogen and oxygen atoms in total.